The van der Waals surface area contributed by atoms with E-state index in [0.717, 1.165) is 37.4 Å². The molecule has 0 amide bonds. The summed E-state index contributed by atoms with van der Waals surface area (Å²) in [6.07, 6.45) is 3.38. The lowest BCUT2D eigenvalue weighted by Crippen LogP contribution is -2.46. The molecule has 1 fully saturated rings. The maximum absolute atomic E-state index is 11.9. The van der Waals surface area contributed by atoms with Crippen molar-refractivity contribution in [3.05, 3.63) is 40.1 Å². The van der Waals surface area contributed by atoms with Gasteiger partial charge < -0.3 is 9.64 Å². The number of hydrogen-bond donors (Lipinski definition) is 1. The highest BCUT2D eigenvalue weighted by Crippen LogP contribution is 2.16. The highest BCUT2D eigenvalue weighted by atomic mass is 16.5. The number of aromatic nitrogens is 4. The summed E-state index contributed by atoms with van der Waals surface area (Å²) in [5, 5.41) is 10.7. The van der Waals surface area contributed by atoms with E-state index in [1.165, 1.54) is 4.68 Å². The molecule has 0 atom stereocenters. The molecule has 9 heteroatoms. The minimum absolute atomic E-state index is 0.114. The van der Waals surface area contributed by atoms with Crippen LogP contribution in [-0.4, -0.2) is 63.6 Å². The zero-order valence-corrected chi connectivity index (χ0v) is 14.4. The topological polar surface area (TPSA) is 96.3 Å². The van der Waals surface area contributed by atoms with Crippen molar-refractivity contribution in [2.45, 2.75) is 13.5 Å². The van der Waals surface area contributed by atoms with Crippen molar-refractivity contribution in [2.24, 2.45) is 7.05 Å². The Morgan fingerprint density at radius 3 is 2.72 bits per heavy atom. The predicted molar refractivity (Wildman–Crippen MR) is 91.5 cm³/mol. The molecular formula is C16H22N6O3. The monoisotopic (exact) mass is 346 g/mol. The number of aromatic amines is 1. The quantitative estimate of drug-likeness (QED) is 0.761. The largest absolute Gasteiger partial charge is 0.461 e. The Morgan fingerprint density at radius 2 is 2.04 bits per heavy atom. The van der Waals surface area contributed by atoms with Crippen molar-refractivity contribution in [1.29, 1.82) is 0 Å². The van der Waals surface area contributed by atoms with Crippen molar-refractivity contribution < 1.29 is 9.53 Å². The fraction of sp³-hybridized carbons (Fsp3) is 0.500. The van der Waals surface area contributed by atoms with E-state index in [-0.39, 0.29) is 11.5 Å². The summed E-state index contributed by atoms with van der Waals surface area (Å²) >= 11 is 0. The van der Waals surface area contributed by atoms with Crippen LogP contribution in [0.25, 0.3) is 0 Å². The average Bonchev–Trinajstić information content (AvgIpc) is 3.06. The molecule has 0 unspecified atom stereocenters. The minimum Gasteiger partial charge on any atom is -0.461 e. The van der Waals surface area contributed by atoms with Gasteiger partial charge in [0.2, 0.25) is 0 Å². The van der Waals surface area contributed by atoms with Crippen LogP contribution in [0.3, 0.4) is 0 Å². The van der Waals surface area contributed by atoms with Crippen LogP contribution in [0.15, 0.2) is 23.3 Å². The Labute approximate surface area is 145 Å². The molecule has 0 spiro atoms. The Morgan fingerprint density at radius 1 is 1.28 bits per heavy atom. The van der Waals surface area contributed by atoms with E-state index in [9.17, 15) is 9.59 Å². The summed E-state index contributed by atoms with van der Waals surface area (Å²) in [4.78, 5) is 28.0. The van der Waals surface area contributed by atoms with E-state index in [0.29, 0.717) is 18.8 Å². The third-order valence-corrected chi connectivity index (χ3v) is 4.28. The molecule has 0 radical (unpaired) electrons. The number of carbonyl (C=O) groups is 1. The summed E-state index contributed by atoms with van der Waals surface area (Å²) in [7, 11) is 1.64. The maximum atomic E-state index is 11.9. The number of carbonyl (C=O) groups excluding carboxylic acids is 1. The van der Waals surface area contributed by atoms with Gasteiger partial charge in [0.15, 0.2) is 0 Å². The standard InChI is InChI=1S/C16H22N6O3/c1-3-25-16(24)15-12(9-17-19-15)11-21-4-6-22(7-5-21)13-8-14(23)20(2)18-10-13/h8-10H,3-7,11H2,1-2H3,(H,17,19). The first kappa shape index (κ1) is 17.2. The second-order valence-corrected chi connectivity index (χ2v) is 5.93. The van der Waals surface area contributed by atoms with Crippen molar-refractivity contribution in [3.8, 4) is 0 Å². The number of ether oxygens (including phenoxy) is 1. The molecule has 0 bridgehead atoms. The predicted octanol–water partition coefficient (Wildman–Crippen LogP) is 0.00230. The van der Waals surface area contributed by atoms with Crippen molar-refractivity contribution in [1.82, 2.24) is 24.9 Å². The van der Waals surface area contributed by atoms with Gasteiger partial charge in [-0.2, -0.15) is 10.2 Å². The Bertz CT molecular complexity index is 791. The van der Waals surface area contributed by atoms with Crippen LogP contribution in [0.4, 0.5) is 5.69 Å². The molecule has 1 saturated heterocycles. The molecule has 2 aromatic heterocycles. The Hall–Kier alpha value is -2.68. The molecule has 134 valence electrons. The van der Waals surface area contributed by atoms with Crippen LogP contribution in [0.1, 0.15) is 23.0 Å². The lowest BCUT2D eigenvalue weighted by atomic mass is 10.2. The number of esters is 1. The zero-order valence-electron chi connectivity index (χ0n) is 14.4. The summed E-state index contributed by atoms with van der Waals surface area (Å²) in [5.41, 5.74) is 1.98. The van der Waals surface area contributed by atoms with Gasteiger partial charge in [0, 0.05) is 51.4 Å². The molecule has 1 N–H and O–H groups in total. The molecule has 25 heavy (non-hydrogen) atoms. The first-order chi connectivity index (χ1) is 12.1. The van der Waals surface area contributed by atoms with Gasteiger partial charge in [-0.3, -0.25) is 14.8 Å². The van der Waals surface area contributed by atoms with Crippen LogP contribution in [0.2, 0.25) is 0 Å². The first-order valence-corrected chi connectivity index (χ1v) is 8.28. The van der Waals surface area contributed by atoms with Gasteiger partial charge in [0.1, 0.15) is 5.69 Å². The second kappa shape index (κ2) is 7.47. The van der Waals surface area contributed by atoms with Crippen molar-refractivity contribution >= 4 is 11.7 Å². The lowest BCUT2D eigenvalue weighted by molar-refractivity contribution is 0.0517. The normalized spacial score (nSPS) is 15.4. The molecule has 0 aliphatic carbocycles. The molecule has 2 aromatic rings. The molecular weight excluding hydrogens is 324 g/mol. The fourth-order valence-corrected chi connectivity index (χ4v) is 2.85. The van der Waals surface area contributed by atoms with Gasteiger partial charge in [-0.05, 0) is 6.92 Å². The molecule has 3 heterocycles. The van der Waals surface area contributed by atoms with Crippen molar-refractivity contribution in [3.63, 3.8) is 0 Å². The van der Waals surface area contributed by atoms with Gasteiger partial charge in [-0.25, -0.2) is 9.48 Å². The Balaban J connectivity index is 1.60. The third-order valence-electron chi connectivity index (χ3n) is 4.28. The molecule has 1 aliphatic heterocycles. The van der Waals surface area contributed by atoms with Crippen LogP contribution in [0.5, 0.6) is 0 Å². The van der Waals surface area contributed by atoms with E-state index in [2.05, 4.69) is 25.1 Å². The average molecular weight is 346 g/mol. The fourth-order valence-electron chi connectivity index (χ4n) is 2.85. The molecule has 0 aromatic carbocycles. The highest BCUT2D eigenvalue weighted by Gasteiger charge is 2.21. The Kier molecular flexibility index (Phi) is 5.13. The lowest BCUT2D eigenvalue weighted by Gasteiger charge is -2.35. The third kappa shape index (κ3) is 3.87. The van der Waals surface area contributed by atoms with E-state index in [4.69, 9.17) is 4.74 Å². The summed E-state index contributed by atoms with van der Waals surface area (Å²) in [5.74, 6) is -0.375. The highest BCUT2D eigenvalue weighted by molar-refractivity contribution is 5.88. The molecule has 0 saturated carbocycles. The molecule has 9 nitrogen and oxygen atoms in total. The summed E-state index contributed by atoms with van der Waals surface area (Å²) in [6, 6.07) is 1.61. The van der Waals surface area contributed by atoms with Crippen LogP contribution in [-0.2, 0) is 18.3 Å². The second-order valence-electron chi connectivity index (χ2n) is 5.93. The number of piperazine rings is 1. The number of nitrogens with zero attached hydrogens (tertiary/aromatic N) is 5. The summed E-state index contributed by atoms with van der Waals surface area (Å²) in [6.45, 7) is 5.97. The SMILES string of the molecule is CCOC(=O)c1[nH]ncc1CN1CCN(c2cnn(C)c(=O)c2)CC1. The zero-order chi connectivity index (χ0) is 17.8. The summed E-state index contributed by atoms with van der Waals surface area (Å²) < 4.78 is 6.35. The first-order valence-electron chi connectivity index (χ1n) is 8.28. The van der Waals surface area contributed by atoms with E-state index >= 15 is 0 Å². The molecule has 3 rings (SSSR count). The van der Waals surface area contributed by atoms with Gasteiger partial charge >= 0.3 is 5.97 Å². The van der Waals surface area contributed by atoms with E-state index in [1.807, 2.05) is 0 Å². The van der Waals surface area contributed by atoms with E-state index in [1.54, 1.807) is 32.4 Å². The number of H-pyrrole nitrogens is 1. The van der Waals surface area contributed by atoms with Crippen LogP contribution >= 0.6 is 0 Å². The number of aryl methyl sites for hydroxylation is 1. The number of rotatable bonds is 5. The smallest absolute Gasteiger partial charge is 0.356 e. The van der Waals surface area contributed by atoms with Gasteiger partial charge in [0.25, 0.3) is 5.56 Å². The number of anilines is 1. The molecule has 1 aliphatic rings. The van der Waals surface area contributed by atoms with Crippen molar-refractivity contribution in [2.75, 3.05) is 37.7 Å². The minimum atomic E-state index is -0.375. The van der Waals surface area contributed by atoms with Gasteiger partial charge in [0.05, 0.1) is 24.7 Å². The van der Waals surface area contributed by atoms with Crippen LogP contribution < -0.4 is 10.5 Å². The van der Waals surface area contributed by atoms with Crippen LogP contribution in [0, 0.1) is 0 Å². The maximum Gasteiger partial charge on any atom is 0.356 e. The number of hydrogen-bond acceptors (Lipinski definition) is 7. The van der Waals surface area contributed by atoms with Gasteiger partial charge in [-0.1, -0.05) is 0 Å². The van der Waals surface area contributed by atoms with Gasteiger partial charge in [-0.15, -0.1) is 0 Å². The number of nitrogens with one attached hydrogen (secondary N) is 1. The van der Waals surface area contributed by atoms with E-state index < -0.39 is 0 Å².